The van der Waals surface area contributed by atoms with Gasteiger partial charge in [-0.2, -0.15) is 0 Å². The molecule has 18 heavy (non-hydrogen) atoms. The summed E-state index contributed by atoms with van der Waals surface area (Å²) in [6.07, 6.45) is 1.60. The van der Waals surface area contributed by atoms with Crippen LogP contribution in [0.5, 0.6) is 0 Å². The third kappa shape index (κ3) is 3.09. The number of aliphatic hydroxyl groups excluding tert-OH is 1. The van der Waals surface area contributed by atoms with E-state index in [1.807, 2.05) is 0 Å². The zero-order chi connectivity index (χ0) is 13.3. The molecule has 0 bridgehead atoms. The van der Waals surface area contributed by atoms with Gasteiger partial charge < -0.3 is 10.0 Å². The van der Waals surface area contributed by atoms with E-state index in [1.54, 1.807) is 7.05 Å². The Labute approximate surface area is 114 Å². The first-order chi connectivity index (χ1) is 8.49. The van der Waals surface area contributed by atoms with E-state index in [2.05, 4.69) is 15.9 Å². The Bertz CT molecular complexity index is 462. The van der Waals surface area contributed by atoms with E-state index in [-0.39, 0.29) is 11.7 Å². The molecule has 0 aromatic heterocycles. The Morgan fingerprint density at radius 2 is 2.28 bits per heavy atom. The van der Waals surface area contributed by atoms with Crippen molar-refractivity contribution in [3.63, 3.8) is 0 Å². The number of likely N-dealkylation sites (N-methyl/N-ethyl adjacent to an activating group) is 1. The van der Waals surface area contributed by atoms with Crippen LogP contribution in [0.1, 0.15) is 23.2 Å². The predicted molar refractivity (Wildman–Crippen MR) is 69.8 cm³/mol. The molecule has 1 unspecified atom stereocenters. The van der Waals surface area contributed by atoms with Crippen LogP contribution in [-0.4, -0.2) is 35.6 Å². The Morgan fingerprint density at radius 1 is 1.61 bits per heavy atom. The molecule has 5 heteroatoms. The van der Waals surface area contributed by atoms with Crippen LogP contribution in [0, 0.1) is 11.7 Å². The lowest BCUT2D eigenvalue weighted by Crippen LogP contribution is -2.35. The fourth-order valence-corrected chi connectivity index (χ4v) is 2.38. The molecule has 1 amide bonds. The standard InChI is InChI=1S/C13H15BrFNO2/c1-16(7-12(17)8-2-3-8)13(18)10-5-4-9(15)6-11(10)14/h4-6,8,12,17H,2-3,7H2,1H3. The minimum absolute atomic E-state index is 0.221. The fourth-order valence-electron chi connectivity index (χ4n) is 1.86. The predicted octanol–water partition coefficient (Wildman–Crippen LogP) is 2.43. The van der Waals surface area contributed by atoms with Gasteiger partial charge >= 0.3 is 0 Å². The number of nitrogens with zero attached hydrogens (tertiary/aromatic N) is 1. The van der Waals surface area contributed by atoms with Crippen LogP contribution in [0.15, 0.2) is 22.7 Å². The third-order valence-corrected chi connectivity index (χ3v) is 3.79. The minimum atomic E-state index is -0.460. The molecule has 1 aliphatic carbocycles. The maximum Gasteiger partial charge on any atom is 0.254 e. The molecule has 1 aliphatic rings. The SMILES string of the molecule is CN(CC(O)C1CC1)C(=O)c1ccc(F)cc1Br. The third-order valence-electron chi connectivity index (χ3n) is 3.14. The molecule has 1 aromatic rings. The van der Waals surface area contributed by atoms with Crippen LogP contribution < -0.4 is 0 Å². The van der Waals surface area contributed by atoms with Crippen molar-refractivity contribution in [2.24, 2.45) is 5.92 Å². The average molecular weight is 316 g/mol. The van der Waals surface area contributed by atoms with Crippen molar-refractivity contribution < 1.29 is 14.3 Å². The molecule has 1 saturated carbocycles. The van der Waals surface area contributed by atoms with Gasteiger partial charge in [0, 0.05) is 18.1 Å². The summed E-state index contributed by atoms with van der Waals surface area (Å²) in [4.78, 5) is 13.6. The van der Waals surface area contributed by atoms with E-state index in [4.69, 9.17) is 0 Å². The summed E-state index contributed by atoms with van der Waals surface area (Å²) in [5, 5.41) is 9.80. The van der Waals surface area contributed by atoms with Crippen molar-refractivity contribution in [2.75, 3.05) is 13.6 Å². The lowest BCUT2D eigenvalue weighted by atomic mass is 10.1. The maximum absolute atomic E-state index is 12.9. The van der Waals surface area contributed by atoms with Gasteiger partial charge in [-0.3, -0.25) is 4.79 Å². The highest BCUT2D eigenvalue weighted by molar-refractivity contribution is 9.10. The zero-order valence-corrected chi connectivity index (χ0v) is 11.7. The lowest BCUT2D eigenvalue weighted by Gasteiger charge is -2.21. The summed E-state index contributed by atoms with van der Waals surface area (Å²) < 4.78 is 13.4. The zero-order valence-electron chi connectivity index (χ0n) is 10.1. The molecular formula is C13H15BrFNO2. The second-order valence-electron chi connectivity index (χ2n) is 4.71. The second-order valence-corrected chi connectivity index (χ2v) is 5.57. The van der Waals surface area contributed by atoms with E-state index in [1.165, 1.54) is 23.1 Å². The highest BCUT2D eigenvalue weighted by Crippen LogP contribution is 2.33. The molecule has 3 nitrogen and oxygen atoms in total. The Hall–Kier alpha value is -0.940. The van der Waals surface area contributed by atoms with Gasteiger partial charge in [0.2, 0.25) is 0 Å². The topological polar surface area (TPSA) is 40.5 Å². The van der Waals surface area contributed by atoms with Gasteiger partial charge in [0.1, 0.15) is 5.82 Å². The summed E-state index contributed by atoms with van der Waals surface area (Å²) in [6.45, 7) is 0.313. The normalized spacial score (nSPS) is 16.4. The van der Waals surface area contributed by atoms with Crippen molar-refractivity contribution in [3.8, 4) is 0 Å². The monoisotopic (exact) mass is 315 g/mol. The van der Waals surface area contributed by atoms with Crippen LogP contribution in [0.3, 0.4) is 0 Å². The minimum Gasteiger partial charge on any atom is -0.391 e. The molecule has 0 spiro atoms. The summed E-state index contributed by atoms with van der Waals surface area (Å²) >= 11 is 3.17. The number of benzene rings is 1. The van der Waals surface area contributed by atoms with Gasteiger partial charge in [0.25, 0.3) is 5.91 Å². The van der Waals surface area contributed by atoms with E-state index in [0.29, 0.717) is 22.5 Å². The number of carbonyl (C=O) groups is 1. The number of halogens is 2. The maximum atomic E-state index is 12.9. The number of rotatable bonds is 4. The summed E-state index contributed by atoms with van der Waals surface area (Å²) in [5.74, 6) is -0.280. The highest BCUT2D eigenvalue weighted by atomic mass is 79.9. The van der Waals surface area contributed by atoms with Crippen LogP contribution in [0.25, 0.3) is 0 Å². The van der Waals surface area contributed by atoms with Crippen LogP contribution in [-0.2, 0) is 0 Å². The summed E-state index contributed by atoms with van der Waals surface area (Å²) in [5.41, 5.74) is 0.405. The van der Waals surface area contributed by atoms with Crippen molar-refractivity contribution >= 4 is 21.8 Å². The Balaban J connectivity index is 2.04. The first-order valence-corrected chi connectivity index (χ1v) is 6.67. The largest absolute Gasteiger partial charge is 0.391 e. The van der Waals surface area contributed by atoms with Gasteiger partial charge in [-0.05, 0) is 52.9 Å². The first-order valence-electron chi connectivity index (χ1n) is 5.87. The summed E-state index contributed by atoms with van der Waals surface area (Å²) in [6, 6.07) is 3.96. The van der Waals surface area contributed by atoms with Crippen LogP contribution >= 0.6 is 15.9 Å². The number of hydrogen-bond donors (Lipinski definition) is 1. The van der Waals surface area contributed by atoms with E-state index < -0.39 is 6.10 Å². The van der Waals surface area contributed by atoms with E-state index in [0.717, 1.165) is 12.8 Å². The van der Waals surface area contributed by atoms with Gasteiger partial charge in [0.05, 0.1) is 11.7 Å². The molecule has 1 N–H and O–H groups in total. The molecule has 1 atom stereocenters. The molecule has 0 radical (unpaired) electrons. The lowest BCUT2D eigenvalue weighted by molar-refractivity contribution is 0.0644. The van der Waals surface area contributed by atoms with Gasteiger partial charge in [0.15, 0.2) is 0 Å². The molecule has 98 valence electrons. The number of hydrogen-bond acceptors (Lipinski definition) is 2. The molecule has 0 saturated heterocycles. The number of carbonyl (C=O) groups excluding carboxylic acids is 1. The molecule has 2 rings (SSSR count). The van der Waals surface area contributed by atoms with Crippen molar-refractivity contribution in [1.82, 2.24) is 4.90 Å². The second kappa shape index (κ2) is 5.36. The van der Waals surface area contributed by atoms with Gasteiger partial charge in [-0.25, -0.2) is 4.39 Å². The number of amides is 1. The van der Waals surface area contributed by atoms with Gasteiger partial charge in [-0.1, -0.05) is 0 Å². The van der Waals surface area contributed by atoms with Crippen LogP contribution in [0.2, 0.25) is 0 Å². The molecular weight excluding hydrogens is 301 g/mol. The van der Waals surface area contributed by atoms with E-state index >= 15 is 0 Å². The molecule has 0 aliphatic heterocycles. The van der Waals surface area contributed by atoms with Crippen LogP contribution in [0.4, 0.5) is 4.39 Å². The van der Waals surface area contributed by atoms with Crippen molar-refractivity contribution in [3.05, 3.63) is 34.1 Å². The molecule has 0 heterocycles. The highest BCUT2D eigenvalue weighted by Gasteiger charge is 2.31. The summed E-state index contributed by atoms with van der Waals surface area (Å²) in [7, 11) is 1.64. The average Bonchev–Trinajstić information content (AvgIpc) is 3.11. The quantitative estimate of drug-likeness (QED) is 0.927. The smallest absolute Gasteiger partial charge is 0.254 e. The first kappa shape index (κ1) is 13.5. The fraction of sp³-hybridized carbons (Fsp3) is 0.462. The van der Waals surface area contributed by atoms with Crippen molar-refractivity contribution in [2.45, 2.75) is 18.9 Å². The van der Waals surface area contributed by atoms with E-state index in [9.17, 15) is 14.3 Å². The van der Waals surface area contributed by atoms with Gasteiger partial charge in [-0.15, -0.1) is 0 Å². The molecule has 1 aromatic carbocycles. The van der Waals surface area contributed by atoms with Crippen molar-refractivity contribution in [1.29, 1.82) is 0 Å². The Kier molecular flexibility index (Phi) is 4.02. The number of aliphatic hydroxyl groups is 1. The Morgan fingerprint density at radius 3 is 2.83 bits per heavy atom. The molecule has 1 fully saturated rings.